The first kappa shape index (κ1) is 16.8. The molecule has 0 spiro atoms. The summed E-state index contributed by atoms with van der Waals surface area (Å²) in [5.74, 6) is -2.77. The first-order valence-corrected chi connectivity index (χ1v) is 5.96. The van der Waals surface area contributed by atoms with Crippen LogP contribution in [0.1, 0.15) is 45.0 Å². The van der Waals surface area contributed by atoms with E-state index in [0.717, 1.165) is 6.07 Å². The van der Waals surface area contributed by atoms with Gasteiger partial charge in [0.05, 0.1) is 10.6 Å². The maximum atomic E-state index is 13.3. The van der Waals surface area contributed by atoms with Crippen LogP contribution in [0.4, 0.5) is 8.78 Å². The summed E-state index contributed by atoms with van der Waals surface area (Å²) in [7, 11) is 0. The van der Waals surface area contributed by atoms with E-state index in [1.807, 2.05) is 13.8 Å². The van der Waals surface area contributed by atoms with Crippen LogP contribution in [0.15, 0.2) is 12.1 Å². The quantitative estimate of drug-likeness (QED) is 0.554. The molecule has 0 N–H and O–H groups in total. The molecule has 0 aliphatic carbocycles. The predicted molar refractivity (Wildman–Crippen MR) is 67.9 cm³/mol. The Morgan fingerprint density at radius 1 is 1.17 bits per heavy atom. The van der Waals surface area contributed by atoms with Gasteiger partial charge in [-0.2, -0.15) is 0 Å². The van der Waals surface area contributed by atoms with Crippen molar-refractivity contribution in [2.24, 2.45) is 0 Å². The molecule has 102 valence electrons. The lowest BCUT2D eigenvalue weighted by atomic mass is 10.1. The monoisotopic (exact) mass is 278 g/mol. The molecule has 1 rings (SSSR count). The molecular weight excluding hydrogens is 262 g/mol. The molecular formula is C13H17ClF2O2. The molecule has 0 saturated carbocycles. The third-order valence-corrected chi connectivity index (χ3v) is 1.92. The molecule has 0 radical (unpaired) electrons. The van der Waals surface area contributed by atoms with Crippen molar-refractivity contribution in [3.8, 4) is 0 Å². The molecule has 0 amide bonds. The number of esters is 1. The predicted octanol–water partition coefficient (Wildman–Crippen LogP) is 4.60. The van der Waals surface area contributed by atoms with Crippen molar-refractivity contribution < 1.29 is 18.3 Å². The SMILES string of the molecule is CC.CC(C)(C)OC(=O)c1cc(Cl)c(F)cc1F. The Kier molecular flexibility index (Phi) is 6.26. The minimum absolute atomic E-state index is 0.317. The zero-order chi connectivity index (χ0) is 14.5. The summed E-state index contributed by atoms with van der Waals surface area (Å²) in [6.07, 6.45) is 0. The van der Waals surface area contributed by atoms with Crippen molar-refractivity contribution in [1.82, 2.24) is 0 Å². The molecule has 0 saturated heterocycles. The van der Waals surface area contributed by atoms with E-state index in [2.05, 4.69) is 0 Å². The molecule has 0 atom stereocenters. The van der Waals surface area contributed by atoms with Crippen molar-refractivity contribution in [2.75, 3.05) is 0 Å². The molecule has 0 aliphatic heterocycles. The highest BCUT2D eigenvalue weighted by Gasteiger charge is 2.22. The van der Waals surface area contributed by atoms with Crippen LogP contribution in [0.3, 0.4) is 0 Å². The molecule has 1 aromatic rings. The number of hydrogen-bond donors (Lipinski definition) is 0. The second-order valence-corrected chi connectivity index (χ2v) is 4.66. The first-order valence-electron chi connectivity index (χ1n) is 5.58. The number of rotatable bonds is 1. The van der Waals surface area contributed by atoms with Gasteiger partial charge in [0.2, 0.25) is 0 Å². The zero-order valence-corrected chi connectivity index (χ0v) is 11.9. The van der Waals surface area contributed by atoms with E-state index < -0.39 is 23.2 Å². The van der Waals surface area contributed by atoms with Gasteiger partial charge in [0.25, 0.3) is 0 Å². The van der Waals surface area contributed by atoms with Crippen LogP contribution in [0, 0.1) is 11.6 Å². The second-order valence-electron chi connectivity index (χ2n) is 4.25. The number of carbonyl (C=O) groups excluding carboxylic acids is 1. The Labute approximate surface area is 111 Å². The maximum absolute atomic E-state index is 13.3. The zero-order valence-electron chi connectivity index (χ0n) is 11.1. The maximum Gasteiger partial charge on any atom is 0.341 e. The van der Waals surface area contributed by atoms with Crippen LogP contribution < -0.4 is 0 Å². The molecule has 0 heterocycles. The fourth-order valence-electron chi connectivity index (χ4n) is 1.01. The molecule has 0 aromatic heterocycles. The summed E-state index contributed by atoms with van der Waals surface area (Å²) in [4.78, 5) is 11.5. The molecule has 5 heteroatoms. The largest absolute Gasteiger partial charge is 0.456 e. The van der Waals surface area contributed by atoms with Gasteiger partial charge in [-0.1, -0.05) is 25.4 Å². The van der Waals surface area contributed by atoms with Crippen LogP contribution in [0.5, 0.6) is 0 Å². The molecule has 2 nitrogen and oxygen atoms in total. The number of ether oxygens (including phenoxy) is 1. The first-order chi connectivity index (χ1) is 8.20. The van der Waals surface area contributed by atoms with E-state index in [9.17, 15) is 13.6 Å². The molecule has 0 unspecified atom stereocenters. The van der Waals surface area contributed by atoms with Crippen LogP contribution in [-0.4, -0.2) is 11.6 Å². The Morgan fingerprint density at radius 2 is 1.67 bits per heavy atom. The molecule has 0 fully saturated rings. The van der Waals surface area contributed by atoms with Crippen LogP contribution >= 0.6 is 11.6 Å². The van der Waals surface area contributed by atoms with Gasteiger partial charge in [0.1, 0.15) is 17.2 Å². The Morgan fingerprint density at radius 3 is 2.11 bits per heavy atom. The fraction of sp³-hybridized carbons (Fsp3) is 0.462. The average Bonchev–Trinajstić information content (AvgIpc) is 2.23. The lowest BCUT2D eigenvalue weighted by Crippen LogP contribution is -2.24. The molecule has 18 heavy (non-hydrogen) atoms. The van der Waals surface area contributed by atoms with Gasteiger partial charge in [0.15, 0.2) is 0 Å². The minimum Gasteiger partial charge on any atom is -0.456 e. The van der Waals surface area contributed by atoms with E-state index in [4.69, 9.17) is 16.3 Å². The van der Waals surface area contributed by atoms with Crippen LogP contribution in [0.25, 0.3) is 0 Å². The normalized spacial score (nSPS) is 10.4. The summed E-state index contributed by atoms with van der Waals surface area (Å²) >= 11 is 5.45. The number of benzene rings is 1. The lowest BCUT2D eigenvalue weighted by Gasteiger charge is -2.19. The fourth-order valence-corrected chi connectivity index (χ4v) is 1.18. The third-order valence-electron chi connectivity index (χ3n) is 1.63. The van der Waals surface area contributed by atoms with Gasteiger partial charge in [-0.25, -0.2) is 13.6 Å². The summed E-state index contributed by atoms with van der Waals surface area (Å²) in [6, 6.07) is 1.47. The van der Waals surface area contributed by atoms with Crippen molar-refractivity contribution in [2.45, 2.75) is 40.2 Å². The lowest BCUT2D eigenvalue weighted by molar-refractivity contribution is 0.00646. The summed E-state index contributed by atoms with van der Waals surface area (Å²) < 4.78 is 31.0. The van der Waals surface area contributed by atoms with E-state index >= 15 is 0 Å². The van der Waals surface area contributed by atoms with Crippen molar-refractivity contribution in [3.05, 3.63) is 34.4 Å². The van der Waals surface area contributed by atoms with E-state index in [0.29, 0.717) is 6.07 Å². The number of halogens is 3. The average molecular weight is 279 g/mol. The smallest absolute Gasteiger partial charge is 0.341 e. The van der Waals surface area contributed by atoms with Gasteiger partial charge >= 0.3 is 5.97 Å². The van der Waals surface area contributed by atoms with Crippen molar-refractivity contribution in [1.29, 1.82) is 0 Å². The van der Waals surface area contributed by atoms with Crippen molar-refractivity contribution >= 4 is 17.6 Å². The summed E-state index contributed by atoms with van der Waals surface area (Å²) in [6.45, 7) is 8.94. The molecule has 0 aliphatic rings. The highest BCUT2D eigenvalue weighted by molar-refractivity contribution is 6.31. The Hall–Kier alpha value is -1.16. The number of carbonyl (C=O) groups is 1. The number of hydrogen-bond acceptors (Lipinski definition) is 2. The van der Waals surface area contributed by atoms with Gasteiger partial charge in [-0.05, 0) is 26.8 Å². The second kappa shape index (κ2) is 6.69. The summed E-state index contributed by atoms with van der Waals surface area (Å²) in [5.41, 5.74) is -1.12. The van der Waals surface area contributed by atoms with E-state index in [-0.39, 0.29) is 10.6 Å². The van der Waals surface area contributed by atoms with E-state index in [1.165, 1.54) is 0 Å². The van der Waals surface area contributed by atoms with Gasteiger partial charge in [-0.3, -0.25) is 0 Å². The Balaban J connectivity index is 0.00000137. The van der Waals surface area contributed by atoms with E-state index in [1.54, 1.807) is 20.8 Å². The topological polar surface area (TPSA) is 26.3 Å². The van der Waals surface area contributed by atoms with Crippen LogP contribution in [0.2, 0.25) is 5.02 Å². The minimum atomic E-state index is -0.990. The van der Waals surface area contributed by atoms with Gasteiger partial charge in [0, 0.05) is 6.07 Å². The molecule has 0 bridgehead atoms. The Bertz CT molecular complexity index is 426. The highest BCUT2D eigenvalue weighted by atomic mass is 35.5. The van der Waals surface area contributed by atoms with Crippen molar-refractivity contribution in [3.63, 3.8) is 0 Å². The van der Waals surface area contributed by atoms with Crippen LogP contribution in [-0.2, 0) is 4.74 Å². The molecule has 1 aromatic carbocycles. The van der Waals surface area contributed by atoms with Gasteiger partial charge < -0.3 is 4.74 Å². The third kappa shape index (κ3) is 5.00. The highest BCUT2D eigenvalue weighted by Crippen LogP contribution is 2.21. The summed E-state index contributed by atoms with van der Waals surface area (Å²) in [5, 5.41) is -0.317. The standard InChI is InChI=1S/C11H11ClF2O2.C2H6/c1-11(2,3)16-10(15)6-4-7(12)9(14)5-8(6)13;1-2/h4-5H,1-3H3;1-2H3. The van der Waals surface area contributed by atoms with Gasteiger partial charge in [-0.15, -0.1) is 0 Å².